The van der Waals surface area contributed by atoms with Crippen LogP contribution in [0.2, 0.25) is 0 Å². The number of fused-ring (bicyclic) bond motifs is 2. The fourth-order valence-corrected chi connectivity index (χ4v) is 7.71. The Balaban J connectivity index is 0.979. The third-order valence-electron chi connectivity index (χ3n) is 10.9. The van der Waals surface area contributed by atoms with Crippen molar-refractivity contribution in [3.8, 4) is 22.6 Å². The number of carbonyl (C=O) groups excluding carboxylic acids is 1. The van der Waals surface area contributed by atoms with Gasteiger partial charge in [0.05, 0.1) is 50.3 Å². The van der Waals surface area contributed by atoms with E-state index in [9.17, 15) is 9.90 Å². The van der Waals surface area contributed by atoms with Gasteiger partial charge in [0, 0.05) is 37.7 Å². The van der Waals surface area contributed by atoms with Crippen LogP contribution in [-0.4, -0.2) is 59.3 Å². The van der Waals surface area contributed by atoms with E-state index < -0.39 is 6.29 Å². The number of hydrogen-bond donors (Lipinski definition) is 2. The molecule has 10 nitrogen and oxygen atoms in total. The van der Waals surface area contributed by atoms with Gasteiger partial charge in [0.25, 0.3) is 5.91 Å². The third kappa shape index (κ3) is 8.01. The molecule has 1 fully saturated rings. The van der Waals surface area contributed by atoms with E-state index in [4.69, 9.17) is 18.9 Å². The lowest BCUT2D eigenvalue weighted by atomic mass is 9.89. The van der Waals surface area contributed by atoms with E-state index in [2.05, 4.69) is 87.8 Å². The summed E-state index contributed by atoms with van der Waals surface area (Å²) in [6, 6.07) is 36.2. The molecule has 4 atom stereocenters. The Kier molecular flexibility index (Phi) is 11.1. The molecule has 0 radical (unpaired) electrons. The second kappa shape index (κ2) is 16.6. The Morgan fingerprint density at radius 1 is 0.821 bits per heavy atom. The summed E-state index contributed by atoms with van der Waals surface area (Å²) in [5.41, 5.74) is 10.1. The molecule has 286 valence electrons. The summed E-state index contributed by atoms with van der Waals surface area (Å²) in [4.78, 5) is 24.2. The van der Waals surface area contributed by atoms with Crippen LogP contribution < -0.4 is 14.8 Å². The molecule has 0 aliphatic carbocycles. The minimum atomic E-state index is -0.575. The van der Waals surface area contributed by atoms with Crippen molar-refractivity contribution >= 4 is 16.9 Å². The van der Waals surface area contributed by atoms with Crippen molar-refractivity contribution in [2.75, 3.05) is 27.3 Å². The number of methoxy groups -OCH3 is 2. The number of nitrogens with zero attached hydrogens (tertiary/aromatic N) is 3. The van der Waals surface area contributed by atoms with E-state index in [1.807, 2.05) is 48.5 Å². The van der Waals surface area contributed by atoms with Gasteiger partial charge in [-0.15, -0.1) is 0 Å². The van der Waals surface area contributed by atoms with Crippen LogP contribution in [0.5, 0.6) is 11.5 Å². The molecule has 1 saturated heterocycles. The van der Waals surface area contributed by atoms with Crippen molar-refractivity contribution in [3.05, 3.63) is 154 Å². The molecule has 0 saturated carbocycles. The third-order valence-corrected chi connectivity index (χ3v) is 10.9. The number of rotatable bonds is 11. The zero-order valence-corrected chi connectivity index (χ0v) is 31.9. The minimum Gasteiger partial charge on any atom is -0.493 e. The first-order chi connectivity index (χ1) is 27.4. The summed E-state index contributed by atoms with van der Waals surface area (Å²) in [6.07, 6.45) is 1.53. The molecule has 0 bridgehead atoms. The molecular formula is C46H46N4O6. The van der Waals surface area contributed by atoms with Crippen molar-refractivity contribution in [2.45, 2.75) is 51.5 Å². The maximum Gasteiger partial charge on any atom is 0.271 e. The molecule has 2 aliphatic rings. The second-order valence-corrected chi connectivity index (χ2v) is 14.5. The largest absolute Gasteiger partial charge is 0.493 e. The fraction of sp³-hybridized carbons (Fsp3) is 0.283. The fourth-order valence-electron chi connectivity index (χ4n) is 7.71. The summed E-state index contributed by atoms with van der Waals surface area (Å²) in [5.74, 6) is 1.29. The van der Waals surface area contributed by atoms with Crippen LogP contribution in [0.3, 0.4) is 0 Å². The maximum absolute atomic E-state index is 12.9. The zero-order valence-electron chi connectivity index (χ0n) is 31.9. The number of ether oxygens (including phenoxy) is 4. The normalized spacial score (nSPS) is 19.6. The Labute approximate surface area is 327 Å². The van der Waals surface area contributed by atoms with E-state index >= 15 is 0 Å². The molecule has 5 aromatic carbocycles. The van der Waals surface area contributed by atoms with Gasteiger partial charge >= 0.3 is 0 Å². The number of carbonyl (C=O) groups is 1. The summed E-state index contributed by atoms with van der Waals surface area (Å²) < 4.78 is 24.8. The van der Waals surface area contributed by atoms with Crippen LogP contribution in [0.1, 0.15) is 63.2 Å². The summed E-state index contributed by atoms with van der Waals surface area (Å²) in [5, 5.41) is 12.7. The van der Waals surface area contributed by atoms with Gasteiger partial charge in [0.15, 0.2) is 17.8 Å². The number of aliphatic hydroxyl groups is 1. The average Bonchev–Trinajstić information content (AvgIpc) is 3.25. The van der Waals surface area contributed by atoms with Crippen LogP contribution in [0.4, 0.5) is 0 Å². The summed E-state index contributed by atoms with van der Waals surface area (Å²) >= 11 is 0. The van der Waals surface area contributed by atoms with E-state index in [1.165, 1.54) is 17.3 Å². The van der Waals surface area contributed by atoms with Crippen LogP contribution in [0, 0.1) is 5.92 Å². The highest BCUT2D eigenvalue weighted by atomic mass is 16.7. The highest BCUT2D eigenvalue weighted by Crippen LogP contribution is 2.43. The van der Waals surface area contributed by atoms with Crippen molar-refractivity contribution in [1.82, 2.24) is 20.2 Å². The minimum absolute atomic E-state index is 0.00672. The highest BCUT2D eigenvalue weighted by Gasteiger charge is 2.39. The van der Waals surface area contributed by atoms with Gasteiger partial charge in [-0.3, -0.25) is 14.7 Å². The molecule has 1 amide bonds. The molecule has 1 aromatic heterocycles. The Morgan fingerprint density at radius 2 is 1.55 bits per heavy atom. The molecule has 0 unspecified atom stereocenters. The lowest BCUT2D eigenvalue weighted by Crippen LogP contribution is -2.45. The van der Waals surface area contributed by atoms with Gasteiger partial charge in [-0.05, 0) is 75.7 Å². The van der Waals surface area contributed by atoms with Gasteiger partial charge in [-0.1, -0.05) is 85.8 Å². The Hall–Kier alpha value is -5.65. The lowest BCUT2D eigenvalue weighted by molar-refractivity contribution is -0.276. The zero-order chi connectivity index (χ0) is 38.6. The number of amides is 1. The lowest BCUT2D eigenvalue weighted by Gasteiger charge is -2.43. The molecule has 10 heteroatoms. The summed E-state index contributed by atoms with van der Waals surface area (Å²) in [6.45, 7) is 4.99. The quantitative estimate of drug-likeness (QED) is 0.138. The SMILES string of the molecule is COc1cc2c(cc1OC)CN(C[C@@H]1O[C@H](c3ccc(-c4cccc(CNC(=O)c5cnc6ccccc6n5)c4)cc3)O[C@H](c3ccc(CO)cc3)[C@@H]1C)CC2. The molecule has 56 heavy (non-hydrogen) atoms. The number of benzene rings is 5. The predicted octanol–water partition coefficient (Wildman–Crippen LogP) is 7.59. The number of aliphatic hydroxyl groups excluding tert-OH is 1. The first-order valence-electron chi connectivity index (χ1n) is 19.0. The smallest absolute Gasteiger partial charge is 0.271 e. The molecule has 3 heterocycles. The number of aromatic nitrogens is 2. The molecular weight excluding hydrogens is 705 g/mol. The number of hydrogen-bond acceptors (Lipinski definition) is 9. The van der Waals surface area contributed by atoms with Gasteiger partial charge in [-0.2, -0.15) is 0 Å². The molecule has 2 aliphatic heterocycles. The second-order valence-electron chi connectivity index (χ2n) is 14.5. The molecule has 0 spiro atoms. The van der Waals surface area contributed by atoms with Crippen LogP contribution in [0.25, 0.3) is 22.2 Å². The van der Waals surface area contributed by atoms with E-state index in [1.54, 1.807) is 14.2 Å². The predicted molar refractivity (Wildman–Crippen MR) is 214 cm³/mol. The standard InChI is InChI=1S/C46H46N4O6/c1-29-43(27-50-20-19-36-22-41(53-2)42(54-3)23-37(36)26-50)55-46(56-44(29)33-13-11-30(28-51)12-14-33)34-17-15-32(16-18-34)35-8-6-7-31(21-35)24-48-45(52)40-25-47-38-9-4-5-10-39(38)49-40/h4-18,21-23,25,29,43-44,46,51H,19-20,24,26-28H2,1-3H3,(H,48,52)/t29-,43+,44+,46+/m1/s1. The average molecular weight is 751 g/mol. The Morgan fingerprint density at radius 3 is 2.30 bits per heavy atom. The van der Waals surface area contributed by atoms with Crippen LogP contribution >= 0.6 is 0 Å². The van der Waals surface area contributed by atoms with E-state index in [-0.39, 0.29) is 36.3 Å². The van der Waals surface area contributed by atoms with Gasteiger partial charge < -0.3 is 29.4 Å². The highest BCUT2D eigenvalue weighted by molar-refractivity contribution is 5.93. The van der Waals surface area contributed by atoms with Gasteiger partial charge in [0.2, 0.25) is 0 Å². The first kappa shape index (κ1) is 37.3. The van der Waals surface area contributed by atoms with Crippen molar-refractivity contribution in [1.29, 1.82) is 0 Å². The van der Waals surface area contributed by atoms with Crippen molar-refractivity contribution in [3.63, 3.8) is 0 Å². The van der Waals surface area contributed by atoms with Gasteiger partial charge in [0.1, 0.15) is 5.69 Å². The monoisotopic (exact) mass is 750 g/mol. The van der Waals surface area contributed by atoms with Crippen LogP contribution in [-0.2, 0) is 35.6 Å². The maximum atomic E-state index is 12.9. The first-order valence-corrected chi connectivity index (χ1v) is 19.0. The molecule has 6 aromatic rings. The van der Waals surface area contributed by atoms with E-state index in [0.29, 0.717) is 12.1 Å². The van der Waals surface area contributed by atoms with Crippen molar-refractivity contribution < 1.29 is 28.8 Å². The molecule has 8 rings (SSSR count). The van der Waals surface area contributed by atoms with E-state index in [0.717, 1.165) is 76.5 Å². The topological polar surface area (TPSA) is 115 Å². The summed E-state index contributed by atoms with van der Waals surface area (Å²) in [7, 11) is 3.35. The Bertz CT molecular complexity index is 2320. The number of para-hydroxylation sites is 2. The number of nitrogens with one attached hydrogen (secondary N) is 1. The molecule has 2 N–H and O–H groups in total. The van der Waals surface area contributed by atoms with Gasteiger partial charge in [-0.25, -0.2) is 4.98 Å². The van der Waals surface area contributed by atoms with Crippen LogP contribution in [0.15, 0.2) is 115 Å². The van der Waals surface area contributed by atoms with Crippen molar-refractivity contribution in [2.24, 2.45) is 5.92 Å².